The monoisotopic (exact) mass is 245 g/mol. The molecule has 1 aromatic rings. The fourth-order valence-corrected chi connectivity index (χ4v) is 2.36. The van der Waals surface area contributed by atoms with Crippen molar-refractivity contribution in [2.75, 3.05) is 0 Å². The highest BCUT2D eigenvalue weighted by atomic mass is 16.5. The molecule has 1 aliphatic carbocycles. The molecule has 0 spiro atoms. The van der Waals surface area contributed by atoms with Gasteiger partial charge in [0, 0.05) is 0 Å². The second kappa shape index (κ2) is 5.47. The van der Waals surface area contributed by atoms with E-state index in [1.54, 1.807) is 6.92 Å². The van der Waals surface area contributed by atoms with E-state index in [1.807, 2.05) is 6.92 Å². The zero-order chi connectivity index (χ0) is 13.1. The molecule has 0 bridgehead atoms. The highest BCUT2D eigenvalue weighted by Gasteiger charge is 2.20. The SMILES string of the molecule is [CH2+]C(C)C(=O)OC(C)c1ccc2c(c1)CCCC2. The highest BCUT2D eigenvalue weighted by molar-refractivity contribution is 5.72. The van der Waals surface area contributed by atoms with E-state index in [4.69, 9.17) is 4.74 Å². The Bertz CT molecular complexity index is 435. The lowest BCUT2D eigenvalue weighted by Gasteiger charge is -2.19. The van der Waals surface area contributed by atoms with Crippen molar-refractivity contribution in [3.63, 3.8) is 0 Å². The van der Waals surface area contributed by atoms with Gasteiger partial charge in [0.1, 0.15) is 6.10 Å². The van der Waals surface area contributed by atoms with Crippen molar-refractivity contribution >= 4 is 5.97 Å². The van der Waals surface area contributed by atoms with Gasteiger partial charge in [0.15, 0.2) is 5.92 Å². The second-order valence-corrected chi connectivity index (χ2v) is 5.22. The summed E-state index contributed by atoms with van der Waals surface area (Å²) in [5.41, 5.74) is 3.96. The summed E-state index contributed by atoms with van der Waals surface area (Å²) in [4.78, 5) is 11.5. The first-order chi connectivity index (χ1) is 8.58. The topological polar surface area (TPSA) is 26.3 Å². The molecule has 2 nitrogen and oxygen atoms in total. The molecule has 0 fully saturated rings. The van der Waals surface area contributed by atoms with Gasteiger partial charge in [-0.2, -0.15) is 0 Å². The fraction of sp³-hybridized carbons (Fsp3) is 0.500. The van der Waals surface area contributed by atoms with Crippen molar-refractivity contribution in [3.8, 4) is 0 Å². The molecule has 1 aromatic carbocycles. The summed E-state index contributed by atoms with van der Waals surface area (Å²) in [6.45, 7) is 7.35. The normalized spacial score (nSPS) is 17.7. The standard InChI is InChI=1S/C16H21O2/c1-11(2)16(17)18-12(3)14-9-8-13-6-4-5-7-15(13)10-14/h8-12H,1,4-7H2,2-3H3/q+1. The van der Waals surface area contributed by atoms with Gasteiger partial charge in [-0.15, -0.1) is 0 Å². The lowest BCUT2D eigenvalue weighted by Crippen LogP contribution is -2.15. The van der Waals surface area contributed by atoms with Gasteiger partial charge in [0.25, 0.3) is 0 Å². The summed E-state index contributed by atoms with van der Waals surface area (Å²) in [5, 5.41) is 0. The van der Waals surface area contributed by atoms with Crippen molar-refractivity contribution < 1.29 is 9.53 Å². The number of esters is 1. The van der Waals surface area contributed by atoms with Crippen LogP contribution in [0.4, 0.5) is 0 Å². The average molecular weight is 245 g/mol. The zero-order valence-corrected chi connectivity index (χ0v) is 11.2. The zero-order valence-electron chi connectivity index (χ0n) is 11.2. The van der Waals surface area contributed by atoms with Gasteiger partial charge in [-0.1, -0.05) is 18.2 Å². The first-order valence-electron chi connectivity index (χ1n) is 6.73. The van der Waals surface area contributed by atoms with Crippen LogP contribution in [0.3, 0.4) is 0 Å². The molecular weight excluding hydrogens is 224 g/mol. The van der Waals surface area contributed by atoms with Gasteiger partial charge in [0.2, 0.25) is 0 Å². The smallest absolute Gasteiger partial charge is 0.354 e. The molecule has 18 heavy (non-hydrogen) atoms. The van der Waals surface area contributed by atoms with Crippen LogP contribution in [0.25, 0.3) is 0 Å². The molecule has 2 heteroatoms. The lowest BCUT2D eigenvalue weighted by molar-refractivity contribution is -0.151. The maximum atomic E-state index is 11.5. The van der Waals surface area contributed by atoms with E-state index in [0.29, 0.717) is 0 Å². The van der Waals surface area contributed by atoms with Gasteiger partial charge in [-0.3, -0.25) is 0 Å². The summed E-state index contributed by atoms with van der Waals surface area (Å²) in [6.07, 6.45) is 4.69. The minimum Gasteiger partial charge on any atom is -0.454 e. The molecule has 2 rings (SSSR count). The Kier molecular flexibility index (Phi) is 3.95. The van der Waals surface area contributed by atoms with Crippen LogP contribution in [0.5, 0.6) is 0 Å². The number of ether oxygens (including phenoxy) is 1. The van der Waals surface area contributed by atoms with Crippen molar-refractivity contribution in [2.24, 2.45) is 5.92 Å². The Balaban J connectivity index is 2.11. The van der Waals surface area contributed by atoms with Crippen LogP contribution in [0.15, 0.2) is 18.2 Å². The van der Waals surface area contributed by atoms with E-state index in [0.717, 1.165) is 12.0 Å². The van der Waals surface area contributed by atoms with Gasteiger partial charge >= 0.3 is 5.97 Å². The van der Waals surface area contributed by atoms with E-state index < -0.39 is 0 Å². The lowest BCUT2D eigenvalue weighted by atomic mass is 9.89. The number of rotatable bonds is 3. The molecule has 0 saturated carbocycles. The molecule has 96 valence electrons. The van der Waals surface area contributed by atoms with Gasteiger partial charge in [-0.25, -0.2) is 4.79 Å². The third kappa shape index (κ3) is 2.87. The number of hydrogen-bond acceptors (Lipinski definition) is 2. The van der Waals surface area contributed by atoms with Crippen molar-refractivity contribution in [2.45, 2.75) is 45.6 Å². The van der Waals surface area contributed by atoms with Crippen LogP contribution >= 0.6 is 0 Å². The number of hydrogen-bond donors (Lipinski definition) is 0. The first-order valence-corrected chi connectivity index (χ1v) is 6.73. The number of benzene rings is 1. The third-order valence-electron chi connectivity index (χ3n) is 3.54. The Morgan fingerprint density at radius 2 is 1.89 bits per heavy atom. The highest BCUT2D eigenvalue weighted by Crippen LogP contribution is 2.26. The molecule has 0 amide bonds. The van der Waals surface area contributed by atoms with Gasteiger partial charge < -0.3 is 4.74 Å². The summed E-state index contributed by atoms with van der Waals surface area (Å²) in [5.74, 6) is -0.551. The van der Waals surface area contributed by atoms with E-state index in [2.05, 4.69) is 25.1 Å². The molecule has 1 aliphatic rings. The summed E-state index contributed by atoms with van der Waals surface area (Å²) in [7, 11) is 0. The minimum absolute atomic E-state index is 0.186. The van der Waals surface area contributed by atoms with Gasteiger partial charge in [0.05, 0.1) is 6.92 Å². The van der Waals surface area contributed by atoms with Crippen LogP contribution in [0.1, 0.15) is 49.5 Å². The van der Waals surface area contributed by atoms with Crippen molar-refractivity contribution in [1.82, 2.24) is 0 Å². The molecule has 0 N–H and O–H groups in total. The van der Waals surface area contributed by atoms with Crippen LogP contribution < -0.4 is 0 Å². The van der Waals surface area contributed by atoms with E-state index in [-0.39, 0.29) is 18.0 Å². The molecular formula is C16H21O2+. The number of aryl methyl sites for hydroxylation is 2. The Morgan fingerprint density at radius 1 is 1.22 bits per heavy atom. The maximum Gasteiger partial charge on any atom is 0.354 e. The predicted molar refractivity (Wildman–Crippen MR) is 72.1 cm³/mol. The number of carbonyl (C=O) groups is 1. The number of fused-ring (bicyclic) bond motifs is 1. The van der Waals surface area contributed by atoms with E-state index in [9.17, 15) is 4.79 Å². The Labute approximate surface area is 109 Å². The van der Waals surface area contributed by atoms with Crippen molar-refractivity contribution in [1.29, 1.82) is 0 Å². The molecule has 2 atom stereocenters. The maximum absolute atomic E-state index is 11.5. The largest absolute Gasteiger partial charge is 0.454 e. The fourth-order valence-electron chi connectivity index (χ4n) is 2.36. The molecule has 2 unspecified atom stereocenters. The molecule has 0 saturated heterocycles. The average Bonchev–Trinajstić information content (AvgIpc) is 2.37. The predicted octanol–water partition coefficient (Wildman–Crippen LogP) is 3.64. The molecule has 0 heterocycles. The third-order valence-corrected chi connectivity index (χ3v) is 3.54. The molecule has 0 radical (unpaired) electrons. The summed E-state index contributed by atoms with van der Waals surface area (Å²) >= 11 is 0. The van der Waals surface area contributed by atoms with Gasteiger partial charge in [-0.05, 0) is 56.2 Å². The molecule has 0 aliphatic heterocycles. The Hall–Kier alpha value is -1.44. The Morgan fingerprint density at radius 3 is 2.56 bits per heavy atom. The van der Waals surface area contributed by atoms with Crippen LogP contribution in [-0.4, -0.2) is 5.97 Å². The quantitative estimate of drug-likeness (QED) is 0.600. The van der Waals surface area contributed by atoms with E-state index >= 15 is 0 Å². The van der Waals surface area contributed by atoms with Crippen LogP contribution in [-0.2, 0) is 22.4 Å². The van der Waals surface area contributed by atoms with Crippen LogP contribution in [0.2, 0.25) is 0 Å². The summed E-state index contributed by atoms with van der Waals surface area (Å²) < 4.78 is 5.39. The molecule has 0 aromatic heterocycles. The summed E-state index contributed by atoms with van der Waals surface area (Å²) in [6, 6.07) is 6.46. The second-order valence-electron chi connectivity index (χ2n) is 5.22. The van der Waals surface area contributed by atoms with Crippen LogP contribution in [0, 0.1) is 12.8 Å². The minimum atomic E-state index is -0.315. The van der Waals surface area contributed by atoms with E-state index in [1.165, 1.54) is 30.4 Å². The first kappa shape index (κ1) is 13.0. The van der Waals surface area contributed by atoms with Crippen molar-refractivity contribution in [3.05, 3.63) is 41.8 Å². The number of carbonyl (C=O) groups excluding carboxylic acids is 1.